The first-order valence-electron chi connectivity index (χ1n) is 6.47. The predicted molar refractivity (Wildman–Crippen MR) is 78.0 cm³/mol. The second-order valence-electron chi connectivity index (χ2n) is 4.71. The summed E-state index contributed by atoms with van der Waals surface area (Å²) in [5.41, 5.74) is 3.38. The van der Waals surface area contributed by atoms with E-state index < -0.39 is 5.51 Å². The Labute approximate surface area is 120 Å². The summed E-state index contributed by atoms with van der Waals surface area (Å²) in [6, 6.07) is 7.68. The minimum atomic E-state index is -4.12. The number of alkyl halides is 3. The van der Waals surface area contributed by atoms with Gasteiger partial charge in [-0.1, -0.05) is 0 Å². The highest BCUT2D eigenvalue weighted by Gasteiger charge is 2.28. The van der Waals surface area contributed by atoms with Crippen LogP contribution in [0.3, 0.4) is 0 Å². The number of rotatable bonds is 4. The largest absolute Gasteiger partial charge is 0.441 e. The molecule has 1 fully saturated rings. The molecule has 0 saturated carbocycles. The van der Waals surface area contributed by atoms with Crippen LogP contribution in [0.5, 0.6) is 0 Å². The van der Waals surface area contributed by atoms with Gasteiger partial charge in [0.25, 0.3) is 0 Å². The van der Waals surface area contributed by atoms with Crippen molar-refractivity contribution >= 4 is 23.1 Å². The number of anilines is 2. The lowest BCUT2D eigenvalue weighted by molar-refractivity contribution is -0.0328. The fourth-order valence-corrected chi connectivity index (χ4v) is 2.79. The summed E-state index contributed by atoms with van der Waals surface area (Å²) >= 11 is 0.0568. The molecule has 0 spiro atoms. The van der Waals surface area contributed by atoms with Gasteiger partial charge in [-0.3, -0.25) is 4.90 Å². The summed E-state index contributed by atoms with van der Waals surface area (Å²) in [5.74, 6) is 0.103. The number of hydrogen-bond acceptors (Lipinski definition) is 4. The molecule has 7 heteroatoms. The quantitative estimate of drug-likeness (QED) is 0.867. The van der Waals surface area contributed by atoms with E-state index in [1.807, 2.05) is 24.3 Å². The number of hydrogen-bond donors (Lipinski definition) is 1. The molecule has 0 aliphatic carbocycles. The first-order chi connectivity index (χ1) is 9.44. The molecule has 1 saturated heterocycles. The minimum absolute atomic E-state index is 0.0568. The Morgan fingerprint density at radius 2 is 1.65 bits per heavy atom. The number of nitrogen functional groups attached to an aromatic ring is 1. The van der Waals surface area contributed by atoms with Gasteiger partial charge in [0, 0.05) is 49.9 Å². The summed E-state index contributed by atoms with van der Waals surface area (Å²) in [4.78, 5) is 4.30. The molecule has 1 aliphatic rings. The SMILES string of the molecule is Nc1ccc(N2CCN(CCSC(F)(F)F)CC2)cc1. The Morgan fingerprint density at radius 3 is 2.20 bits per heavy atom. The first kappa shape index (κ1) is 15.3. The van der Waals surface area contributed by atoms with E-state index in [1.165, 1.54) is 0 Å². The molecule has 0 aromatic heterocycles. The summed E-state index contributed by atoms with van der Waals surface area (Å²) in [7, 11) is 0. The van der Waals surface area contributed by atoms with Gasteiger partial charge in [0.15, 0.2) is 0 Å². The lowest BCUT2D eigenvalue weighted by Gasteiger charge is -2.36. The number of piperazine rings is 1. The zero-order valence-corrected chi connectivity index (χ0v) is 11.9. The highest BCUT2D eigenvalue weighted by atomic mass is 32.2. The Bertz CT molecular complexity index is 414. The van der Waals surface area contributed by atoms with Crippen molar-refractivity contribution in [2.45, 2.75) is 5.51 Å². The van der Waals surface area contributed by atoms with Crippen molar-refractivity contribution in [1.29, 1.82) is 0 Å². The number of halogens is 3. The molecule has 1 heterocycles. The van der Waals surface area contributed by atoms with Crippen molar-refractivity contribution in [3.05, 3.63) is 24.3 Å². The van der Waals surface area contributed by atoms with Gasteiger partial charge in [-0.25, -0.2) is 0 Å². The summed E-state index contributed by atoms with van der Waals surface area (Å²) < 4.78 is 36.2. The third-order valence-electron chi connectivity index (χ3n) is 3.30. The average Bonchev–Trinajstić information content (AvgIpc) is 2.39. The van der Waals surface area contributed by atoms with E-state index in [2.05, 4.69) is 9.80 Å². The Hall–Kier alpha value is -1.08. The van der Waals surface area contributed by atoms with Gasteiger partial charge in [0.2, 0.25) is 0 Å². The van der Waals surface area contributed by atoms with Crippen LogP contribution < -0.4 is 10.6 Å². The van der Waals surface area contributed by atoms with E-state index >= 15 is 0 Å². The van der Waals surface area contributed by atoms with Gasteiger partial charge in [-0.15, -0.1) is 0 Å². The standard InChI is InChI=1S/C13H18F3N3S/c14-13(15,16)20-10-9-18-5-7-19(8-6-18)12-3-1-11(17)2-4-12/h1-4H,5-10,17H2. The summed E-state index contributed by atoms with van der Waals surface area (Å²) in [5, 5.41) is 0. The lowest BCUT2D eigenvalue weighted by atomic mass is 10.2. The Kier molecular flexibility index (Phi) is 5.04. The summed E-state index contributed by atoms with van der Waals surface area (Å²) in [6.45, 7) is 3.74. The normalized spacial score (nSPS) is 17.4. The van der Waals surface area contributed by atoms with Crippen molar-refractivity contribution in [2.75, 3.05) is 49.1 Å². The molecule has 112 valence electrons. The Morgan fingerprint density at radius 1 is 1.05 bits per heavy atom. The smallest absolute Gasteiger partial charge is 0.399 e. The highest BCUT2D eigenvalue weighted by Crippen LogP contribution is 2.30. The van der Waals surface area contributed by atoms with Crippen LogP contribution in [-0.2, 0) is 0 Å². The van der Waals surface area contributed by atoms with Gasteiger partial charge >= 0.3 is 5.51 Å². The molecule has 0 atom stereocenters. The van der Waals surface area contributed by atoms with Gasteiger partial charge in [-0.05, 0) is 36.0 Å². The molecular formula is C13H18F3N3S. The fourth-order valence-electron chi connectivity index (χ4n) is 2.21. The van der Waals surface area contributed by atoms with Gasteiger partial charge in [0.05, 0.1) is 0 Å². The third-order valence-corrected chi connectivity index (χ3v) is 4.02. The molecule has 0 unspecified atom stereocenters. The lowest BCUT2D eigenvalue weighted by Crippen LogP contribution is -2.47. The van der Waals surface area contributed by atoms with Crippen LogP contribution in [0.2, 0.25) is 0 Å². The average molecular weight is 305 g/mol. The van der Waals surface area contributed by atoms with Crippen LogP contribution in [0.25, 0.3) is 0 Å². The number of thioether (sulfide) groups is 1. The van der Waals surface area contributed by atoms with Crippen LogP contribution >= 0.6 is 11.8 Å². The number of benzene rings is 1. The highest BCUT2D eigenvalue weighted by molar-refractivity contribution is 8.00. The molecular weight excluding hydrogens is 287 g/mol. The number of nitrogens with two attached hydrogens (primary N) is 1. The van der Waals surface area contributed by atoms with Crippen molar-refractivity contribution in [1.82, 2.24) is 4.90 Å². The molecule has 1 aromatic carbocycles. The fraction of sp³-hybridized carbons (Fsp3) is 0.538. The molecule has 0 bridgehead atoms. The maximum atomic E-state index is 12.1. The maximum absolute atomic E-state index is 12.1. The molecule has 2 rings (SSSR count). The summed E-state index contributed by atoms with van der Waals surface area (Å²) in [6.07, 6.45) is 0. The molecule has 1 aromatic rings. The van der Waals surface area contributed by atoms with E-state index in [4.69, 9.17) is 5.73 Å². The van der Waals surface area contributed by atoms with Crippen molar-refractivity contribution < 1.29 is 13.2 Å². The van der Waals surface area contributed by atoms with Gasteiger partial charge < -0.3 is 10.6 Å². The van der Waals surface area contributed by atoms with Crippen molar-refractivity contribution in [3.63, 3.8) is 0 Å². The van der Waals surface area contributed by atoms with Crippen LogP contribution in [0.1, 0.15) is 0 Å². The topological polar surface area (TPSA) is 32.5 Å². The van der Waals surface area contributed by atoms with Crippen molar-refractivity contribution in [3.8, 4) is 0 Å². The molecule has 2 N–H and O–H groups in total. The zero-order valence-electron chi connectivity index (χ0n) is 11.1. The van der Waals surface area contributed by atoms with Gasteiger partial charge in [0.1, 0.15) is 0 Å². The third kappa shape index (κ3) is 4.79. The first-order valence-corrected chi connectivity index (χ1v) is 7.46. The predicted octanol–water partition coefficient (Wildman–Crippen LogP) is 2.64. The van der Waals surface area contributed by atoms with E-state index in [0.29, 0.717) is 6.54 Å². The molecule has 0 amide bonds. The molecule has 0 radical (unpaired) electrons. The van der Waals surface area contributed by atoms with E-state index in [9.17, 15) is 13.2 Å². The van der Waals surface area contributed by atoms with E-state index in [0.717, 1.165) is 37.6 Å². The van der Waals surface area contributed by atoms with Crippen LogP contribution in [0.4, 0.5) is 24.5 Å². The molecule has 20 heavy (non-hydrogen) atoms. The number of nitrogens with zero attached hydrogens (tertiary/aromatic N) is 2. The van der Waals surface area contributed by atoms with Gasteiger partial charge in [-0.2, -0.15) is 13.2 Å². The van der Waals surface area contributed by atoms with Crippen LogP contribution in [0, 0.1) is 0 Å². The van der Waals surface area contributed by atoms with E-state index in [1.54, 1.807) is 0 Å². The second kappa shape index (κ2) is 6.58. The second-order valence-corrected chi connectivity index (χ2v) is 5.87. The maximum Gasteiger partial charge on any atom is 0.441 e. The minimum Gasteiger partial charge on any atom is -0.399 e. The van der Waals surface area contributed by atoms with Crippen LogP contribution in [0.15, 0.2) is 24.3 Å². The van der Waals surface area contributed by atoms with Crippen molar-refractivity contribution in [2.24, 2.45) is 0 Å². The Balaban J connectivity index is 1.74. The zero-order chi connectivity index (χ0) is 14.6. The monoisotopic (exact) mass is 305 g/mol. The van der Waals surface area contributed by atoms with E-state index in [-0.39, 0.29) is 17.5 Å². The molecule has 1 aliphatic heterocycles. The van der Waals surface area contributed by atoms with Crippen LogP contribution in [-0.4, -0.2) is 48.9 Å². The molecule has 3 nitrogen and oxygen atoms in total.